The van der Waals surface area contributed by atoms with E-state index in [1.165, 1.54) is 0 Å². The van der Waals surface area contributed by atoms with Crippen molar-refractivity contribution in [2.24, 2.45) is 0 Å². The second-order valence-corrected chi connectivity index (χ2v) is 6.56. The van der Waals surface area contributed by atoms with Gasteiger partial charge in [-0.15, -0.1) is 0 Å². The largest absolute Gasteiger partial charge is 1.00 e. The maximum Gasteiger partial charge on any atom is 0.216 e. The van der Waals surface area contributed by atoms with Gasteiger partial charge in [-0.05, 0) is 36.4 Å². The Bertz CT molecular complexity index is 846. The van der Waals surface area contributed by atoms with E-state index in [2.05, 4.69) is 4.98 Å². The van der Waals surface area contributed by atoms with Crippen LogP contribution >= 0.6 is 0 Å². The number of fused-ring (bicyclic) bond motifs is 3. The molecule has 0 aliphatic rings. The Morgan fingerprint density at radius 2 is 1.64 bits per heavy atom. The van der Waals surface area contributed by atoms with E-state index < -0.39 is 0 Å². The summed E-state index contributed by atoms with van der Waals surface area (Å²) < 4.78 is 0.623. The monoisotopic (exact) mass is 317 g/mol. The van der Waals surface area contributed by atoms with Gasteiger partial charge in [-0.25, -0.2) is 0 Å². The van der Waals surface area contributed by atoms with Gasteiger partial charge in [0.15, 0.2) is 0 Å². The Morgan fingerprint density at radius 3 is 2.27 bits per heavy atom. The van der Waals surface area contributed by atoms with Crippen molar-refractivity contribution in [1.82, 2.24) is 4.98 Å². The van der Waals surface area contributed by atoms with E-state index in [-0.39, 0.29) is 18.2 Å². The number of carbonyl (C=O) groups is 1. The summed E-state index contributed by atoms with van der Waals surface area (Å²) in [6.45, 7) is 0.482. The fraction of sp³-hybridized carbons (Fsp3) is 0.235. The number of carbonyl (C=O) groups excluding carboxylic acids is 1. The van der Waals surface area contributed by atoms with E-state index in [1.807, 2.05) is 57.5 Å². The summed E-state index contributed by atoms with van der Waals surface area (Å²) >= 11 is 0. The van der Waals surface area contributed by atoms with E-state index in [0.717, 1.165) is 33.1 Å². The number of hydrogen-bond acceptors (Lipinski definition) is 2. The molecule has 0 spiro atoms. The summed E-state index contributed by atoms with van der Waals surface area (Å²) in [7, 11) is 6.05. The van der Waals surface area contributed by atoms with Crippen molar-refractivity contribution in [2.45, 2.75) is 0 Å². The molecule has 0 amide bonds. The molecular weight excluding hydrogens is 298 g/mol. The van der Waals surface area contributed by atoms with Gasteiger partial charge in [0.25, 0.3) is 0 Å². The quantitative estimate of drug-likeness (QED) is 0.399. The van der Waals surface area contributed by atoms with Gasteiger partial charge in [0, 0.05) is 33.1 Å². The molecule has 0 unspecified atom stereocenters. The lowest BCUT2D eigenvalue weighted by Gasteiger charge is -2.22. The number of likely N-dealkylation sites (N-methyl/N-ethyl adjacent to an activating group) is 1. The standard InChI is InChI=1S/C17H19N3O.ClH/c1-20(2,3)10-17(21)11-4-6-15-13(8-11)14-9-12(18)5-7-16(14)19-15;/h4-9H,10,18H2,1-3H3;1H. The molecule has 116 valence electrons. The first-order valence-corrected chi connectivity index (χ1v) is 6.98. The predicted octanol–water partition coefficient (Wildman–Crippen LogP) is -0.204. The van der Waals surface area contributed by atoms with E-state index >= 15 is 0 Å². The Morgan fingerprint density at radius 1 is 1.05 bits per heavy atom. The molecule has 1 aromatic heterocycles. The number of Topliss-reactive ketones (excluding diaryl/α,β-unsaturated/α-hetero) is 1. The number of aromatic nitrogens is 1. The molecule has 5 heteroatoms. The summed E-state index contributed by atoms with van der Waals surface area (Å²) in [6.07, 6.45) is 0. The zero-order chi connectivity index (χ0) is 15.2. The maximum atomic E-state index is 12.4. The SMILES string of the molecule is C[N+](C)(C)CC(=O)c1ccc2[nH]c3ccc(N)cc3c2c1.[Cl-]. The minimum Gasteiger partial charge on any atom is -1.00 e. The normalized spacial score (nSPS) is 11.6. The van der Waals surface area contributed by atoms with Gasteiger partial charge in [-0.3, -0.25) is 4.79 Å². The highest BCUT2D eigenvalue weighted by Crippen LogP contribution is 2.28. The highest BCUT2D eigenvalue weighted by Gasteiger charge is 2.17. The van der Waals surface area contributed by atoms with Crippen molar-refractivity contribution in [1.29, 1.82) is 0 Å². The lowest BCUT2D eigenvalue weighted by atomic mass is 10.1. The van der Waals surface area contributed by atoms with E-state index in [0.29, 0.717) is 11.0 Å². The first kappa shape index (κ1) is 16.3. The molecule has 0 bridgehead atoms. The van der Waals surface area contributed by atoms with Crippen LogP contribution in [0.25, 0.3) is 21.8 Å². The second kappa shape index (κ2) is 5.63. The van der Waals surface area contributed by atoms with Crippen molar-refractivity contribution < 1.29 is 21.7 Å². The highest BCUT2D eigenvalue weighted by molar-refractivity contribution is 6.11. The van der Waals surface area contributed by atoms with Gasteiger partial charge in [0.05, 0.1) is 21.1 Å². The molecule has 0 atom stereocenters. The number of aromatic amines is 1. The molecular formula is C17H20ClN3O. The number of nitrogens with two attached hydrogens (primary N) is 1. The molecule has 3 N–H and O–H groups in total. The average Bonchev–Trinajstić information content (AvgIpc) is 2.74. The molecule has 1 heterocycles. The molecule has 0 aliphatic heterocycles. The molecule has 22 heavy (non-hydrogen) atoms. The van der Waals surface area contributed by atoms with Gasteiger partial charge in [-0.1, -0.05) is 0 Å². The fourth-order valence-corrected chi connectivity index (χ4v) is 2.61. The van der Waals surface area contributed by atoms with Crippen molar-refractivity contribution in [3.63, 3.8) is 0 Å². The molecule has 2 aromatic carbocycles. The minimum atomic E-state index is 0. The number of nitrogens with one attached hydrogen (secondary N) is 1. The minimum absolute atomic E-state index is 0. The van der Waals surface area contributed by atoms with Crippen molar-refractivity contribution in [3.8, 4) is 0 Å². The number of benzene rings is 2. The van der Waals surface area contributed by atoms with E-state index in [1.54, 1.807) is 0 Å². The molecule has 3 rings (SSSR count). The summed E-state index contributed by atoms with van der Waals surface area (Å²) in [5, 5.41) is 2.11. The fourth-order valence-electron chi connectivity index (χ4n) is 2.61. The zero-order valence-electron chi connectivity index (χ0n) is 13.0. The Hall–Kier alpha value is -2.04. The maximum absolute atomic E-state index is 12.4. The van der Waals surface area contributed by atoms with Gasteiger partial charge < -0.3 is 27.6 Å². The number of ketones is 1. The lowest BCUT2D eigenvalue weighted by molar-refractivity contribution is -0.861. The molecule has 0 fully saturated rings. The predicted molar refractivity (Wildman–Crippen MR) is 87.4 cm³/mol. The van der Waals surface area contributed by atoms with Crippen LogP contribution in [-0.4, -0.2) is 42.9 Å². The smallest absolute Gasteiger partial charge is 0.216 e. The number of H-pyrrole nitrogens is 1. The van der Waals surface area contributed by atoms with Crippen LogP contribution in [0.2, 0.25) is 0 Å². The van der Waals surface area contributed by atoms with Crippen LogP contribution in [-0.2, 0) is 0 Å². The highest BCUT2D eigenvalue weighted by atomic mass is 35.5. The summed E-state index contributed by atoms with van der Waals surface area (Å²) in [5.41, 5.74) is 9.41. The van der Waals surface area contributed by atoms with Crippen molar-refractivity contribution in [3.05, 3.63) is 42.0 Å². The first-order valence-electron chi connectivity index (χ1n) is 6.98. The second-order valence-electron chi connectivity index (χ2n) is 6.56. The van der Waals surface area contributed by atoms with Crippen LogP contribution in [0.5, 0.6) is 0 Å². The van der Waals surface area contributed by atoms with Crippen LogP contribution in [0, 0.1) is 0 Å². The first-order chi connectivity index (χ1) is 9.83. The van der Waals surface area contributed by atoms with Crippen LogP contribution < -0.4 is 18.1 Å². The summed E-state index contributed by atoms with van der Waals surface area (Å²) in [4.78, 5) is 15.7. The van der Waals surface area contributed by atoms with Crippen LogP contribution in [0.15, 0.2) is 36.4 Å². The third kappa shape index (κ3) is 3.08. The lowest BCUT2D eigenvalue weighted by Crippen LogP contribution is -3.00. The molecule has 0 saturated heterocycles. The average molecular weight is 318 g/mol. The third-order valence-electron chi connectivity index (χ3n) is 3.56. The number of rotatable bonds is 3. The zero-order valence-corrected chi connectivity index (χ0v) is 13.7. The number of hydrogen-bond donors (Lipinski definition) is 2. The van der Waals surface area contributed by atoms with Crippen LogP contribution in [0.4, 0.5) is 5.69 Å². The summed E-state index contributed by atoms with van der Waals surface area (Å²) in [5.74, 6) is 0.155. The Kier molecular flexibility index (Phi) is 4.18. The number of halogens is 1. The van der Waals surface area contributed by atoms with Crippen molar-refractivity contribution >= 4 is 33.3 Å². The van der Waals surface area contributed by atoms with Gasteiger partial charge in [0.2, 0.25) is 5.78 Å². The van der Waals surface area contributed by atoms with Gasteiger partial charge in [0.1, 0.15) is 6.54 Å². The molecule has 4 nitrogen and oxygen atoms in total. The molecule has 0 aliphatic carbocycles. The number of anilines is 1. The molecule has 3 aromatic rings. The Balaban J connectivity index is 0.00000176. The van der Waals surface area contributed by atoms with Gasteiger partial charge >= 0.3 is 0 Å². The van der Waals surface area contributed by atoms with Crippen molar-refractivity contribution in [2.75, 3.05) is 33.4 Å². The molecule has 0 saturated carbocycles. The van der Waals surface area contributed by atoms with E-state index in [4.69, 9.17) is 5.73 Å². The number of quaternary nitrogens is 1. The summed E-state index contributed by atoms with van der Waals surface area (Å²) in [6, 6.07) is 11.6. The third-order valence-corrected chi connectivity index (χ3v) is 3.56. The van der Waals surface area contributed by atoms with Crippen LogP contribution in [0.3, 0.4) is 0 Å². The molecule has 0 radical (unpaired) electrons. The van der Waals surface area contributed by atoms with Gasteiger partial charge in [-0.2, -0.15) is 0 Å². The number of nitrogen functional groups attached to an aromatic ring is 1. The Labute approximate surface area is 135 Å². The van der Waals surface area contributed by atoms with E-state index in [9.17, 15) is 4.79 Å². The topological polar surface area (TPSA) is 58.9 Å². The number of nitrogens with zero attached hydrogens (tertiary/aromatic N) is 1. The van der Waals surface area contributed by atoms with Crippen LogP contribution in [0.1, 0.15) is 10.4 Å².